The summed E-state index contributed by atoms with van der Waals surface area (Å²) in [5, 5.41) is 0. The Hall–Kier alpha value is -1.85. The van der Waals surface area contributed by atoms with E-state index in [-0.39, 0.29) is 31.1 Å². The lowest BCUT2D eigenvalue weighted by Crippen LogP contribution is -2.30. The molecule has 6 nitrogen and oxygen atoms in total. The summed E-state index contributed by atoms with van der Waals surface area (Å²) in [6, 6.07) is 0. The highest BCUT2D eigenvalue weighted by molar-refractivity contribution is 5.71. The van der Waals surface area contributed by atoms with Gasteiger partial charge in [0.2, 0.25) is 0 Å². The van der Waals surface area contributed by atoms with Gasteiger partial charge in [0.1, 0.15) is 13.2 Å². The van der Waals surface area contributed by atoms with Crippen LogP contribution in [-0.4, -0.2) is 37.2 Å². The monoisotopic (exact) mass is 945 g/mol. The van der Waals surface area contributed by atoms with Gasteiger partial charge < -0.3 is 14.2 Å². The van der Waals surface area contributed by atoms with Gasteiger partial charge in [0, 0.05) is 19.3 Å². The molecule has 0 aromatic carbocycles. The number of unbranched alkanes of at least 4 members (excludes halogenated alkanes) is 43. The van der Waals surface area contributed by atoms with Gasteiger partial charge in [-0.15, -0.1) is 0 Å². The molecular formula is C61H116O6. The summed E-state index contributed by atoms with van der Waals surface area (Å²) in [5.74, 6) is -0.863. The molecular weight excluding hydrogens is 829 g/mol. The second-order valence-corrected chi connectivity index (χ2v) is 20.6. The number of hydrogen-bond acceptors (Lipinski definition) is 6. The maximum Gasteiger partial charge on any atom is 0.306 e. The highest BCUT2D eigenvalue weighted by atomic mass is 16.6. The van der Waals surface area contributed by atoms with Crippen molar-refractivity contribution >= 4 is 17.9 Å². The van der Waals surface area contributed by atoms with Crippen LogP contribution in [0.1, 0.15) is 342 Å². The Bertz CT molecular complexity index is 1040. The van der Waals surface area contributed by atoms with E-state index in [9.17, 15) is 14.4 Å². The molecule has 0 saturated heterocycles. The van der Waals surface area contributed by atoms with Crippen LogP contribution in [0.2, 0.25) is 0 Å². The molecule has 1 unspecified atom stereocenters. The molecule has 0 aliphatic rings. The fourth-order valence-corrected chi connectivity index (χ4v) is 9.21. The van der Waals surface area contributed by atoms with E-state index >= 15 is 0 Å². The van der Waals surface area contributed by atoms with Crippen molar-refractivity contribution in [3.63, 3.8) is 0 Å². The van der Waals surface area contributed by atoms with Crippen LogP contribution in [0, 0.1) is 0 Å². The van der Waals surface area contributed by atoms with E-state index in [2.05, 4.69) is 32.9 Å². The van der Waals surface area contributed by atoms with Crippen molar-refractivity contribution in [2.24, 2.45) is 0 Å². The van der Waals surface area contributed by atoms with Crippen LogP contribution in [0.3, 0.4) is 0 Å². The molecule has 0 aliphatic carbocycles. The number of carbonyl (C=O) groups is 3. The average molecular weight is 946 g/mol. The summed E-state index contributed by atoms with van der Waals surface area (Å²) in [4.78, 5) is 37.9. The van der Waals surface area contributed by atoms with E-state index in [0.29, 0.717) is 19.3 Å². The van der Waals surface area contributed by atoms with Crippen LogP contribution in [0.5, 0.6) is 0 Å². The van der Waals surface area contributed by atoms with Crippen LogP contribution in [0.25, 0.3) is 0 Å². The third-order valence-electron chi connectivity index (χ3n) is 13.8. The summed E-state index contributed by atoms with van der Waals surface area (Å²) in [7, 11) is 0. The molecule has 396 valence electrons. The molecule has 0 saturated carbocycles. The number of hydrogen-bond donors (Lipinski definition) is 0. The minimum absolute atomic E-state index is 0.0684. The van der Waals surface area contributed by atoms with E-state index < -0.39 is 6.10 Å². The summed E-state index contributed by atoms with van der Waals surface area (Å²) >= 11 is 0. The quantitative estimate of drug-likeness (QED) is 0.0262. The van der Waals surface area contributed by atoms with Gasteiger partial charge in [0.15, 0.2) is 6.10 Å². The second kappa shape index (κ2) is 56.7. The van der Waals surface area contributed by atoms with Crippen molar-refractivity contribution in [1.29, 1.82) is 0 Å². The molecule has 1 atom stereocenters. The molecule has 0 aromatic heterocycles. The summed E-state index contributed by atoms with van der Waals surface area (Å²) < 4.78 is 16.8. The van der Waals surface area contributed by atoms with Gasteiger partial charge >= 0.3 is 17.9 Å². The average Bonchev–Trinajstić information content (AvgIpc) is 3.33. The van der Waals surface area contributed by atoms with Crippen LogP contribution in [0.4, 0.5) is 0 Å². The standard InChI is InChI=1S/C61H116O6/c1-4-7-10-13-16-18-20-22-24-25-26-27-28-29-30-31-32-33-34-35-36-37-39-40-42-45-48-51-54-60(63)66-57-58(56-65-59(62)53-50-47-44-15-12-9-6-3)67-61(64)55-52-49-46-43-41-38-23-21-19-17-14-11-8-5-2/h21,23,58H,4-20,22,24-57H2,1-3H3/b23-21-. The van der Waals surface area contributed by atoms with Crippen LogP contribution >= 0.6 is 0 Å². The Morgan fingerprint density at radius 1 is 0.284 bits per heavy atom. The molecule has 0 radical (unpaired) electrons. The lowest BCUT2D eigenvalue weighted by atomic mass is 10.0. The Morgan fingerprint density at radius 2 is 0.493 bits per heavy atom. The van der Waals surface area contributed by atoms with E-state index in [0.717, 1.165) is 64.2 Å². The van der Waals surface area contributed by atoms with Crippen LogP contribution < -0.4 is 0 Å². The van der Waals surface area contributed by atoms with Gasteiger partial charge in [-0.1, -0.05) is 290 Å². The molecule has 0 heterocycles. The first kappa shape index (κ1) is 65.1. The Balaban J connectivity index is 4.00. The first-order chi connectivity index (χ1) is 33.0. The maximum atomic E-state index is 12.8. The van der Waals surface area contributed by atoms with Gasteiger partial charge in [0.05, 0.1) is 0 Å². The molecule has 0 rings (SSSR count). The summed E-state index contributed by atoms with van der Waals surface area (Å²) in [6.07, 6.45) is 65.4. The largest absolute Gasteiger partial charge is 0.462 e. The predicted octanol–water partition coefficient (Wildman–Crippen LogP) is 20.1. The molecule has 0 aromatic rings. The maximum absolute atomic E-state index is 12.8. The van der Waals surface area contributed by atoms with Crippen molar-refractivity contribution in [3.8, 4) is 0 Å². The van der Waals surface area contributed by atoms with Crippen molar-refractivity contribution in [1.82, 2.24) is 0 Å². The zero-order valence-corrected chi connectivity index (χ0v) is 45.5. The van der Waals surface area contributed by atoms with Gasteiger partial charge in [-0.25, -0.2) is 0 Å². The highest BCUT2D eigenvalue weighted by Crippen LogP contribution is 2.18. The van der Waals surface area contributed by atoms with Crippen molar-refractivity contribution in [2.75, 3.05) is 13.2 Å². The molecule has 0 fully saturated rings. The van der Waals surface area contributed by atoms with Gasteiger partial charge in [-0.05, 0) is 44.9 Å². The molecule has 6 heteroatoms. The Labute approximate surface area is 418 Å². The molecule has 0 N–H and O–H groups in total. The molecule has 0 spiro atoms. The normalized spacial score (nSPS) is 12.0. The molecule has 0 bridgehead atoms. The van der Waals surface area contributed by atoms with Gasteiger partial charge in [-0.2, -0.15) is 0 Å². The number of ether oxygens (including phenoxy) is 3. The minimum atomic E-state index is -0.767. The summed E-state index contributed by atoms with van der Waals surface area (Å²) in [6.45, 7) is 6.63. The van der Waals surface area contributed by atoms with E-state index in [1.165, 1.54) is 238 Å². The molecule has 0 aliphatic heterocycles. The van der Waals surface area contributed by atoms with Gasteiger partial charge in [0.25, 0.3) is 0 Å². The lowest BCUT2D eigenvalue weighted by molar-refractivity contribution is -0.167. The van der Waals surface area contributed by atoms with E-state index in [1.54, 1.807) is 0 Å². The number of carbonyl (C=O) groups excluding carboxylic acids is 3. The summed E-state index contributed by atoms with van der Waals surface area (Å²) in [5.41, 5.74) is 0. The minimum Gasteiger partial charge on any atom is -0.462 e. The predicted molar refractivity (Wildman–Crippen MR) is 289 cm³/mol. The zero-order chi connectivity index (χ0) is 48.6. The molecule has 67 heavy (non-hydrogen) atoms. The third kappa shape index (κ3) is 55.0. The second-order valence-electron chi connectivity index (χ2n) is 20.6. The highest BCUT2D eigenvalue weighted by Gasteiger charge is 2.19. The van der Waals surface area contributed by atoms with Crippen molar-refractivity contribution < 1.29 is 28.6 Å². The topological polar surface area (TPSA) is 78.9 Å². The number of rotatable bonds is 56. The van der Waals surface area contributed by atoms with Gasteiger partial charge in [-0.3, -0.25) is 14.4 Å². The lowest BCUT2D eigenvalue weighted by Gasteiger charge is -2.18. The van der Waals surface area contributed by atoms with Crippen LogP contribution in [-0.2, 0) is 28.6 Å². The van der Waals surface area contributed by atoms with E-state index in [1.807, 2.05) is 0 Å². The van der Waals surface area contributed by atoms with Crippen molar-refractivity contribution in [3.05, 3.63) is 12.2 Å². The Kier molecular flexibility index (Phi) is 55.2. The third-order valence-corrected chi connectivity index (χ3v) is 13.8. The fraction of sp³-hybridized carbons (Fsp3) is 0.918. The fourth-order valence-electron chi connectivity index (χ4n) is 9.21. The van der Waals surface area contributed by atoms with Crippen LogP contribution in [0.15, 0.2) is 12.2 Å². The zero-order valence-electron chi connectivity index (χ0n) is 45.5. The molecule has 0 amide bonds. The SMILES string of the molecule is CCCCCCC/C=C\CCCCCCCC(=O)OC(COC(=O)CCCCCCCCC)COC(=O)CCCCCCCCCCCCCCCCCCCCCCCCCCCCCC. The van der Waals surface area contributed by atoms with Crippen molar-refractivity contribution in [2.45, 2.75) is 348 Å². The van der Waals surface area contributed by atoms with E-state index in [4.69, 9.17) is 14.2 Å². The number of esters is 3. The smallest absolute Gasteiger partial charge is 0.306 e. The first-order valence-corrected chi connectivity index (χ1v) is 30.2. The number of allylic oxidation sites excluding steroid dienone is 2. The Morgan fingerprint density at radius 3 is 0.746 bits per heavy atom. The first-order valence-electron chi connectivity index (χ1n) is 30.2.